The highest BCUT2D eigenvalue weighted by molar-refractivity contribution is 6.29. The first kappa shape index (κ1) is 12.1. The molecule has 0 aromatic carbocycles. The molecule has 104 valence electrons. The molecule has 0 N–H and O–H groups in total. The molecule has 0 spiro atoms. The fraction of sp³-hybridized carbons (Fsp3) is 0.500. The first-order valence-corrected chi connectivity index (χ1v) is 7.38. The Morgan fingerprint density at radius 2 is 2.10 bits per heavy atom. The van der Waals surface area contributed by atoms with Crippen molar-refractivity contribution < 1.29 is 0 Å². The zero-order valence-corrected chi connectivity index (χ0v) is 11.8. The molecule has 2 aliphatic carbocycles. The lowest BCUT2D eigenvalue weighted by Gasteiger charge is -2.13. The van der Waals surface area contributed by atoms with Crippen molar-refractivity contribution in [3.63, 3.8) is 0 Å². The van der Waals surface area contributed by atoms with Gasteiger partial charge in [-0.25, -0.2) is 9.97 Å². The molecule has 2 fully saturated rings. The second-order valence-electron chi connectivity index (χ2n) is 5.66. The van der Waals surface area contributed by atoms with Gasteiger partial charge in [-0.3, -0.25) is 9.36 Å². The second-order valence-corrected chi connectivity index (χ2v) is 6.05. The molecule has 0 bridgehead atoms. The van der Waals surface area contributed by atoms with E-state index in [4.69, 9.17) is 11.6 Å². The number of halogens is 1. The number of imidazole rings is 1. The van der Waals surface area contributed by atoms with Gasteiger partial charge >= 0.3 is 0 Å². The molecule has 2 aromatic heterocycles. The minimum atomic E-state index is -0.0737. The smallest absolute Gasteiger partial charge is 0.255 e. The highest BCUT2D eigenvalue weighted by atomic mass is 35.5. The maximum absolute atomic E-state index is 12.2. The minimum absolute atomic E-state index is 0.0737. The predicted octanol–water partition coefficient (Wildman–Crippen LogP) is 2.35. The van der Waals surface area contributed by atoms with Gasteiger partial charge in [-0.05, 0) is 25.7 Å². The van der Waals surface area contributed by atoms with Crippen LogP contribution in [0.25, 0.3) is 0 Å². The molecule has 0 radical (unpaired) electrons. The lowest BCUT2D eigenvalue weighted by Crippen LogP contribution is -2.25. The van der Waals surface area contributed by atoms with E-state index in [2.05, 4.69) is 14.5 Å². The van der Waals surface area contributed by atoms with Crippen LogP contribution in [0.5, 0.6) is 0 Å². The topological polar surface area (TPSA) is 52.7 Å². The van der Waals surface area contributed by atoms with Crippen LogP contribution in [0, 0.1) is 0 Å². The summed E-state index contributed by atoms with van der Waals surface area (Å²) in [5, 5.41) is 0.295. The molecule has 4 rings (SSSR count). The van der Waals surface area contributed by atoms with Crippen molar-refractivity contribution in [1.82, 2.24) is 19.1 Å². The Hall–Kier alpha value is -1.62. The van der Waals surface area contributed by atoms with Crippen molar-refractivity contribution in [2.75, 3.05) is 0 Å². The largest absolute Gasteiger partial charge is 0.330 e. The van der Waals surface area contributed by atoms with E-state index in [1.54, 1.807) is 4.57 Å². The number of rotatable bonds is 4. The standard InChI is InChI=1S/C14H15ClN4O/c15-12-5-13(20)18(14(17-12)9-1-2-9)7-11-6-16-8-19(11)10-3-4-10/h5-6,8-10H,1-4,7H2. The quantitative estimate of drug-likeness (QED) is 0.812. The van der Waals surface area contributed by atoms with Gasteiger partial charge in [0.25, 0.3) is 5.56 Å². The Bertz CT molecular complexity index is 712. The summed E-state index contributed by atoms with van der Waals surface area (Å²) in [6, 6.07) is 1.96. The monoisotopic (exact) mass is 290 g/mol. The number of nitrogens with zero attached hydrogens (tertiary/aromatic N) is 4. The van der Waals surface area contributed by atoms with E-state index >= 15 is 0 Å². The first-order valence-electron chi connectivity index (χ1n) is 7.00. The Morgan fingerprint density at radius 1 is 1.30 bits per heavy atom. The highest BCUT2D eigenvalue weighted by Crippen LogP contribution is 2.39. The fourth-order valence-corrected chi connectivity index (χ4v) is 2.78. The van der Waals surface area contributed by atoms with Crippen molar-refractivity contribution in [1.29, 1.82) is 0 Å². The van der Waals surface area contributed by atoms with Crippen molar-refractivity contribution in [2.24, 2.45) is 0 Å². The van der Waals surface area contributed by atoms with E-state index in [0.717, 1.165) is 24.4 Å². The summed E-state index contributed by atoms with van der Waals surface area (Å²) in [6.45, 7) is 0.533. The maximum atomic E-state index is 12.2. The zero-order chi connectivity index (χ0) is 13.7. The summed E-state index contributed by atoms with van der Waals surface area (Å²) in [4.78, 5) is 20.8. The van der Waals surface area contributed by atoms with Crippen molar-refractivity contribution in [3.8, 4) is 0 Å². The van der Waals surface area contributed by atoms with Gasteiger partial charge in [0, 0.05) is 24.2 Å². The molecule has 5 nitrogen and oxygen atoms in total. The van der Waals surface area contributed by atoms with Crippen LogP contribution < -0.4 is 5.56 Å². The normalized spacial score (nSPS) is 18.4. The van der Waals surface area contributed by atoms with Gasteiger partial charge in [0.1, 0.15) is 11.0 Å². The van der Waals surface area contributed by atoms with Gasteiger partial charge in [0.15, 0.2) is 0 Å². The van der Waals surface area contributed by atoms with Crippen LogP contribution in [0.1, 0.15) is 49.2 Å². The average Bonchev–Trinajstić information content (AvgIpc) is 3.31. The molecule has 0 amide bonds. The van der Waals surface area contributed by atoms with Gasteiger partial charge in [-0.15, -0.1) is 0 Å². The van der Waals surface area contributed by atoms with Crippen LogP contribution in [-0.4, -0.2) is 19.1 Å². The molecule has 6 heteroatoms. The van der Waals surface area contributed by atoms with E-state index in [9.17, 15) is 4.79 Å². The Labute approximate surface area is 121 Å². The van der Waals surface area contributed by atoms with Gasteiger partial charge in [-0.1, -0.05) is 11.6 Å². The molecule has 2 aromatic rings. The third-order valence-electron chi connectivity index (χ3n) is 3.96. The van der Waals surface area contributed by atoms with Gasteiger partial charge in [0.2, 0.25) is 0 Å². The average molecular weight is 291 g/mol. The molecule has 20 heavy (non-hydrogen) atoms. The number of hydrogen-bond acceptors (Lipinski definition) is 3. The first-order chi connectivity index (χ1) is 9.72. The SMILES string of the molecule is O=c1cc(Cl)nc(C2CC2)n1Cc1cncn1C1CC1. The maximum Gasteiger partial charge on any atom is 0.255 e. The highest BCUT2D eigenvalue weighted by Gasteiger charge is 2.30. The summed E-state index contributed by atoms with van der Waals surface area (Å²) in [6.07, 6.45) is 8.29. The molecule has 2 saturated carbocycles. The fourth-order valence-electron chi connectivity index (χ4n) is 2.60. The van der Waals surface area contributed by atoms with Crippen LogP contribution in [0.3, 0.4) is 0 Å². The van der Waals surface area contributed by atoms with Crippen molar-refractivity contribution in [2.45, 2.75) is 44.2 Å². The Kier molecular flexibility index (Phi) is 2.70. The lowest BCUT2D eigenvalue weighted by atomic mass is 10.3. The zero-order valence-electron chi connectivity index (χ0n) is 11.0. The second kappa shape index (κ2) is 4.45. The van der Waals surface area contributed by atoms with Crippen LogP contribution in [0.15, 0.2) is 23.4 Å². The van der Waals surface area contributed by atoms with E-state index in [1.807, 2.05) is 12.5 Å². The van der Waals surface area contributed by atoms with Gasteiger partial charge < -0.3 is 4.57 Å². The Morgan fingerprint density at radius 3 is 2.80 bits per heavy atom. The van der Waals surface area contributed by atoms with Crippen molar-refractivity contribution in [3.05, 3.63) is 45.6 Å². The van der Waals surface area contributed by atoms with E-state index < -0.39 is 0 Å². The van der Waals surface area contributed by atoms with Crippen LogP contribution in [-0.2, 0) is 6.54 Å². The third kappa shape index (κ3) is 2.16. The van der Waals surface area contributed by atoms with Crippen LogP contribution in [0.4, 0.5) is 0 Å². The molecular weight excluding hydrogens is 276 g/mol. The lowest BCUT2D eigenvalue weighted by molar-refractivity contribution is 0.611. The summed E-state index contributed by atoms with van der Waals surface area (Å²) in [5.41, 5.74) is 0.996. The van der Waals surface area contributed by atoms with Crippen LogP contribution >= 0.6 is 11.6 Å². The molecule has 2 heterocycles. The van der Waals surface area contributed by atoms with Crippen LogP contribution in [0.2, 0.25) is 5.15 Å². The predicted molar refractivity (Wildman–Crippen MR) is 75.1 cm³/mol. The van der Waals surface area contributed by atoms with E-state index in [1.165, 1.54) is 18.9 Å². The molecule has 0 atom stereocenters. The summed E-state index contributed by atoms with van der Waals surface area (Å²) >= 11 is 5.93. The summed E-state index contributed by atoms with van der Waals surface area (Å²) < 4.78 is 3.93. The minimum Gasteiger partial charge on any atom is -0.330 e. The number of hydrogen-bond donors (Lipinski definition) is 0. The summed E-state index contributed by atoms with van der Waals surface area (Å²) in [7, 11) is 0. The molecule has 0 aliphatic heterocycles. The van der Waals surface area contributed by atoms with E-state index in [0.29, 0.717) is 23.7 Å². The van der Waals surface area contributed by atoms with E-state index in [-0.39, 0.29) is 5.56 Å². The Balaban J connectivity index is 1.74. The van der Waals surface area contributed by atoms with Gasteiger partial charge in [-0.2, -0.15) is 0 Å². The number of aromatic nitrogens is 4. The molecule has 0 saturated heterocycles. The molecular formula is C14H15ClN4O. The van der Waals surface area contributed by atoms with Gasteiger partial charge in [0.05, 0.1) is 18.6 Å². The molecule has 0 unspecified atom stereocenters. The molecule has 2 aliphatic rings. The van der Waals surface area contributed by atoms with Crippen molar-refractivity contribution >= 4 is 11.6 Å². The summed E-state index contributed by atoms with van der Waals surface area (Å²) in [5.74, 6) is 1.21. The third-order valence-corrected chi connectivity index (χ3v) is 4.15.